The quantitative estimate of drug-likeness (QED) is 0.921. The number of rotatable bonds is 4. The average Bonchev–Trinajstić information content (AvgIpc) is 3.10. The third-order valence-corrected chi connectivity index (χ3v) is 3.93. The van der Waals surface area contributed by atoms with Crippen LogP contribution in [-0.2, 0) is 0 Å². The third-order valence-electron chi connectivity index (χ3n) is 3.50. The van der Waals surface area contributed by atoms with E-state index in [1.807, 2.05) is 12.1 Å². The maximum Gasteiger partial charge on any atom is 0.293 e. The highest BCUT2D eigenvalue weighted by Crippen LogP contribution is 2.27. The van der Waals surface area contributed by atoms with Crippen LogP contribution in [0, 0.1) is 0 Å². The first-order valence-electron chi connectivity index (χ1n) is 6.82. The molecule has 0 saturated carbocycles. The Balaban J connectivity index is 1.80. The van der Waals surface area contributed by atoms with Crippen molar-refractivity contribution >= 4 is 15.9 Å². The Kier molecular flexibility index (Phi) is 4.18. The summed E-state index contributed by atoms with van der Waals surface area (Å²) in [5.41, 5.74) is 0. The van der Waals surface area contributed by atoms with Gasteiger partial charge in [0.1, 0.15) is 0 Å². The van der Waals surface area contributed by atoms with Gasteiger partial charge in [0, 0.05) is 26.2 Å². The molecule has 7 heteroatoms. The molecule has 3 rings (SSSR count). The van der Waals surface area contributed by atoms with E-state index in [9.17, 15) is 0 Å². The van der Waals surface area contributed by atoms with E-state index >= 15 is 0 Å². The van der Waals surface area contributed by atoms with Crippen LogP contribution < -0.4 is 5.32 Å². The zero-order valence-electron chi connectivity index (χ0n) is 11.3. The van der Waals surface area contributed by atoms with E-state index in [0.29, 0.717) is 16.3 Å². The van der Waals surface area contributed by atoms with Crippen LogP contribution >= 0.6 is 15.9 Å². The molecule has 1 fully saturated rings. The van der Waals surface area contributed by atoms with Gasteiger partial charge in [-0.3, -0.25) is 4.90 Å². The van der Waals surface area contributed by atoms with Gasteiger partial charge >= 0.3 is 0 Å². The number of halogens is 1. The van der Waals surface area contributed by atoms with E-state index < -0.39 is 0 Å². The summed E-state index contributed by atoms with van der Waals surface area (Å²) in [7, 11) is 0. The molecular formula is C13H17BrN4O2. The van der Waals surface area contributed by atoms with E-state index in [4.69, 9.17) is 8.94 Å². The van der Waals surface area contributed by atoms with Crippen molar-refractivity contribution < 1.29 is 8.94 Å². The summed E-state index contributed by atoms with van der Waals surface area (Å²) in [4.78, 5) is 6.88. The average molecular weight is 341 g/mol. The lowest BCUT2D eigenvalue weighted by atomic mass is 10.1. The van der Waals surface area contributed by atoms with Crippen molar-refractivity contribution in [2.24, 2.45) is 0 Å². The fraction of sp³-hybridized carbons (Fsp3) is 0.538. The second kappa shape index (κ2) is 6.07. The minimum absolute atomic E-state index is 0.202. The first kappa shape index (κ1) is 13.8. The summed E-state index contributed by atoms with van der Waals surface area (Å²) in [6.07, 6.45) is 0.959. The van der Waals surface area contributed by atoms with Crippen LogP contribution in [0.2, 0.25) is 0 Å². The van der Waals surface area contributed by atoms with Crippen LogP contribution in [0.5, 0.6) is 0 Å². The number of aromatic nitrogens is 2. The largest absolute Gasteiger partial charge is 0.444 e. The van der Waals surface area contributed by atoms with Crippen molar-refractivity contribution in [3.05, 3.63) is 22.6 Å². The summed E-state index contributed by atoms with van der Waals surface area (Å²) in [6.45, 7) is 6.17. The van der Waals surface area contributed by atoms with Gasteiger partial charge in [-0.15, -0.1) is 0 Å². The van der Waals surface area contributed by atoms with E-state index in [0.717, 1.165) is 38.4 Å². The predicted molar refractivity (Wildman–Crippen MR) is 77.2 cm³/mol. The normalized spacial score (nSPS) is 18.3. The van der Waals surface area contributed by atoms with Crippen LogP contribution in [0.3, 0.4) is 0 Å². The first-order chi connectivity index (χ1) is 9.78. The van der Waals surface area contributed by atoms with Crippen molar-refractivity contribution in [2.75, 3.05) is 26.2 Å². The molecule has 1 aliphatic heterocycles. The van der Waals surface area contributed by atoms with Crippen LogP contribution in [0.1, 0.15) is 25.2 Å². The van der Waals surface area contributed by atoms with Crippen LogP contribution in [0.25, 0.3) is 11.7 Å². The number of hydrogen-bond donors (Lipinski definition) is 1. The summed E-state index contributed by atoms with van der Waals surface area (Å²) in [5, 5.41) is 7.48. The summed E-state index contributed by atoms with van der Waals surface area (Å²) >= 11 is 3.27. The molecule has 0 aliphatic carbocycles. The van der Waals surface area contributed by atoms with Crippen LogP contribution in [0.15, 0.2) is 25.7 Å². The molecule has 3 heterocycles. The molecule has 20 heavy (non-hydrogen) atoms. The smallest absolute Gasteiger partial charge is 0.293 e. The van der Waals surface area contributed by atoms with Gasteiger partial charge in [-0.05, 0) is 34.5 Å². The highest BCUT2D eigenvalue weighted by atomic mass is 79.9. The van der Waals surface area contributed by atoms with Gasteiger partial charge in [0.05, 0.1) is 6.04 Å². The van der Waals surface area contributed by atoms with Gasteiger partial charge in [0.2, 0.25) is 0 Å². The molecule has 0 bridgehead atoms. The van der Waals surface area contributed by atoms with E-state index in [1.165, 1.54) is 0 Å². The van der Waals surface area contributed by atoms with Gasteiger partial charge in [-0.25, -0.2) is 0 Å². The van der Waals surface area contributed by atoms with Gasteiger partial charge in [0.25, 0.3) is 5.89 Å². The number of furan rings is 1. The van der Waals surface area contributed by atoms with Crippen molar-refractivity contribution in [3.8, 4) is 11.7 Å². The standard InChI is InChI=1S/C13H17BrN4O2/c1-2-9(18-7-5-15-6-8-18)12-16-13(20-17-12)10-3-4-11(14)19-10/h3-4,9,15H,2,5-8H2,1H3. The molecular weight excluding hydrogens is 324 g/mol. The van der Waals surface area contributed by atoms with E-state index in [1.54, 1.807) is 0 Å². The highest BCUT2D eigenvalue weighted by molar-refractivity contribution is 9.10. The molecule has 1 saturated heterocycles. The zero-order valence-corrected chi connectivity index (χ0v) is 12.9. The molecule has 6 nitrogen and oxygen atoms in total. The second-order valence-electron chi connectivity index (χ2n) is 4.77. The van der Waals surface area contributed by atoms with Gasteiger partial charge in [-0.2, -0.15) is 4.98 Å². The lowest BCUT2D eigenvalue weighted by molar-refractivity contribution is 0.160. The van der Waals surface area contributed by atoms with Crippen LogP contribution in [-0.4, -0.2) is 41.2 Å². The fourth-order valence-corrected chi connectivity index (χ4v) is 2.80. The van der Waals surface area contributed by atoms with Crippen molar-refractivity contribution in [1.29, 1.82) is 0 Å². The molecule has 2 aromatic heterocycles. The molecule has 2 aromatic rings. The minimum atomic E-state index is 0.202. The van der Waals surface area contributed by atoms with Crippen molar-refractivity contribution in [3.63, 3.8) is 0 Å². The first-order valence-corrected chi connectivity index (χ1v) is 7.61. The lowest BCUT2D eigenvalue weighted by Crippen LogP contribution is -2.45. The number of piperazine rings is 1. The Bertz CT molecular complexity index is 562. The van der Waals surface area contributed by atoms with Crippen LogP contribution in [0.4, 0.5) is 0 Å². The maximum atomic E-state index is 5.44. The monoisotopic (exact) mass is 340 g/mol. The third kappa shape index (κ3) is 2.79. The SMILES string of the molecule is CCC(c1noc(-c2ccc(Br)o2)n1)N1CCNCC1. The molecule has 1 aliphatic rings. The topological polar surface area (TPSA) is 67.3 Å². The Morgan fingerprint density at radius 1 is 1.40 bits per heavy atom. The van der Waals surface area contributed by atoms with Crippen molar-refractivity contribution in [1.82, 2.24) is 20.4 Å². The zero-order chi connectivity index (χ0) is 13.9. The highest BCUT2D eigenvalue weighted by Gasteiger charge is 2.25. The molecule has 0 radical (unpaired) electrons. The number of nitrogens with one attached hydrogen (secondary N) is 1. The summed E-state index contributed by atoms with van der Waals surface area (Å²) in [6, 6.07) is 3.83. The van der Waals surface area contributed by atoms with Crippen molar-refractivity contribution in [2.45, 2.75) is 19.4 Å². The van der Waals surface area contributed by atoms with Gasteiger partial charge in [0.15, 0.2) is 16.3 Å². The Morgan fingerprint density at radius 3 is 2.85 bits per heavy atom. The predicted octanol–water partition coefficient (Wildman–Crippen LogP) is 2.45. The molecule has 1 unspecified atom stereocenters. The van der Waals surface area contributed by atoms with Gasteiger partial charge in [-0.1, -0.05) is 12.1 Å². The second-order valence-corrected chi connectivity index (χ2v) is 5.55. The molecule has 1 N–H and O–H groups in total. The van der Waals surface area contributed by atoms with E-state index in [2.05, 4.69) is 43.2 Å². The Morgan fingerprint density at radius 2 is 2.20 bits per heavy atom. The van der Waals surface area contributed by atoms with Gasteiger partial charge < -0.3 is 14.3 Å². The van der Waals surface area contributed by atoms with E-state index in [-0.39, 0.29) is 6.04 Å². The minimum Gasteiger partial charge on any atom is -0.444 e. The molecule has 108 valence electrons. The Labute approximate surface area is 125 Å². The molecule has 0 amide bonds. The molecule has 0 spiro atoms. The lowest BCUT2D eigenvalue weighted by Gasteiger charge is -2.32. The maximum absolute atomic E-state index is 5.44. The summed E-state index contributed by atoms with van der Waals surface area (Å²) < 4.78 is 11.4. The number of hydrogen-bond acceptors (Lipinski definition) is 6. The molecule has 1 atom stereocenters. The molecule has 0 aromatic carbocycles. The fourth-order valence-electron chi connectivity index (χ4n) is 2.50. The Hall–Kier alpha value is -1.18. The number of nitrogens with zero attached hydrogens (tertiary/aromatic N) is 3. The summed E-state index contributed by atoms with van der Waals surface area (Å²) in [5.74, 6) is 1.75.